The zero-order chi connectivity index (χ0) is 17.5. The van der Waals surface area contributed by atoms with Crippen LogP contribution in [0.2, 0.25) is 0 Å². The molecule has 0 fully saturated rings. The highest BCUT2D eigenvalue weighted by Gasteiger charge is 2.23. The molecule has 1 amide bonds. The summed E-state index contributed by atoms with van der Waals surface area (Å²) in [7, 11) is 1.55. The van der Waals surface area contributed by atoms with Crippen LogP contribution in [0, 0.1) is 0 Å². The van der Waals surface area contributed by atoms with Gasteiger partial charge in [0.1, 0.15) is 12.9 Å². The molecule has 10 nitrogen and oxygen atoms in total. The van der Waals surface area contributed by atoms with Crippen molar-refractivity contribution in [3.05, 3.63) is 53.9 Å². The van der Waals surface area contributed by atoms with Crippen LogP contribution in [0.3, 0.4) is 0 Å². The molecule has 2 heterocycles. The van der Waals surface area contributed by atoms with Gasteiger partial charge in [0, 0.05) is 20.1 Å². The second kappa shape index (κ2) is 8.11. The highest BCUT2D eigenvalue weighted by atomic mass is 16.5. The van der Waals surface area contributed by atoms with Crippen LogP contribution in [0.15, 0.2) is 41.2 Å². The number of hydrogen-bond donors (Lipinski definition) is 1. The highest BCUT2D eigenvalue weighted by molar-refractivity contribution is 5.83. The third kappa shape index (κ3) is 4.23. The number of carbonyl (C=O) groups excluding carboxylic acids is 1. The molecule has 1 aromatic carbocycles. The molecule has 10 heteroatoms. The van der Waals surface area contributed by atoms with Gasteiger partial charge in [0.05, 0.1) is 0 Å². The third-order valence-electron chi connectivity index (χ3n) is 3.41. The van der Waals surface area contributed by atoms with Gasteiger partial charge in [-0.25, -0.2) is 4.68 Å². The normalized spacial score (nSPS) is 12.0. The summed E-state index contributed by atoms with van der Waals surface area (Å²) in [6.07, 6.45) is 1.83. The maximum absolute atomic E-state index is 12.6. The van der Waals surface area contributed by atoms with Gasteiger partial charge < -0.3 is 14.6 Å². The number of nitrogens with zero attached hydrogens (tertiary/aromatic N) is 6. The van der Waals surface area contributed by atoms with Gasteiger partial charge in [0.25, 0.3) is 0 Å². The van der Waals surface area contributed by atoms with Crippen molar-refractivity contribution in [3.63, 3.8) is 0 Å². The van der Waals surface area contributed by atoms with Gasteiger partial charge in [-0.1, -0.05) is 35.5 Å². The summed E-state index contributed by atoms with van der Waals surface area (Å²) >= 11 is 0. The van der Waals surface area contributed by atoms with Crippen molar-refractivity contribution >= 4 is 5.91 Å². The molecule has 1 N–H and O–H groups in total. The molecule has 0 aliphatic heterocycles. The maximum Gasteiger partial charge on any atom is 0.249 e. The number of tetrazole rings is 1. The monoisotopic (exact) mass is 343 g/mol. The predicted octanol–water partition coefficient (Wildman–Crippen LogP) is 0.151. The standard InChI is InChI=1S/C15H17N7O3/c1-24-9-12-18-13(25-19-12)7-8-16-15(23)14(22-10-17-20-21-22)11-5-3-2-4-6-11/h2-6,10,14H,7-9H2,1H3,(H,16,23). The van der Waals surface area contributed by atoms with Crippen molar-refractivity contribution in [3.8, 4) is 0 Å². The van der Waals surface area contributed by atoms with Gasteiger partial charge in [0.15, 0.2) is 11.9 Å². The summed E-state index contributed by atoms with van der Waals surface area (Å²) in [6.45, 7) is 0.629. The summed E-state index contributed by atoms with van der Waals surface area (Å²) in [5.41, 5.74) is 0.785. The van der Waals surface area contributed by atoms with Crippen molar-refractivity contribution in [2.24, 2.45) is 0 Å². The number of nitrogens with one attached hydrogen (secondary N) is 1. The Balaban J connectivity index is 1.63. The van der Waals surface area contributed by atoms with E-state index in [4.69, 9.17) is 9.26 Å². The molecule has 3 aromatic rings. The lowest BCUT2D eigenvalue weighted by Gasteiger charge is -2.16. The first-order valence-corrected chi connectivity index (χ1v) is 7.63. The number of amides is 1. The minimum absolute atomic E-state index is 0.227. The number of benzene rings is 1. The molecule has 2 aromatic heterocycles. The number of carbonyl (C=O) groups is 1. The average molecular weight is 343 g/mol. The van der Waals surface area contributed by atoms with Gasteiger partial charge in [-0.15, -0.1) is 5.10 Å². The van der Waals surface area contributed by atoms with Gasteiger partial charge in [-0.2, -0.15) is 4.98 Å². The van der Waals surface area contributed by atoms with E-state index >= 15 is 0 Å². The van der Waals surface area contributed by atoms with Crippen LogP contribution >= 0.6 is 0 Å². The van der Waals surface area contributed by atoms with Crippen molar-refractivity contribution < 1.29 is 14.1 Å². The number of ether oxygens (including phenoxy) is 1. The fraction of sp³-hybridized carbons (Fsp3) is 0.333. The summed E-state index contributed by atoms with van der Waals surface area (Å²) in [5, 5.41) is 17.7. The first-order valence-electron chi connectivity index (χ1n) is 7.63. The molecule has 1 atom stereocenters. The predicted molar refractivity (Wildman–Crippen MR) is 84.1 cm³/mol. The molecule has 0 spiro atoms. The van der Waals surface area contributed by atoms with E-state index in [0.29, 0.717) is 24.7 Å². The van der Waals surface area contributed by atoms with E-state index in [1.165, 1.54) is 11.0 Å². The zero-order valence-corrected chi connectivity index (χ0v) is 13.6. The molecule has 0 aliphatic carbocycles. The van der Waals surface area contributed by atoms with Crippen LogP contribution in [0.1, 0.15) is 23.3 Å². The van der Waals surface area contributed by atoms with E-state index < -0.39 is 6.04 Å². The molecular formula is C15H17N7O3. The van der Waals surface area contributed by atoms with Crippen LogP contribution in [-0.4, -0.2) is 49.9 Å². The lowest BCUT2D eigenvalue weighted by molar-refractivity contribution is -0.123. The van der Waals surface area contributed by atoms with E-state index in [1.807, 2.05) is 30.3 Å². The highest BCUT2D eigenvalue weighted by Crippen LogP contribution is 2.16. The Labute approximate surface area is 143 Å². The lowest BCUT2D eigenvalue weighted by atomic mass is 10.1. The Morgan fingerprint density at radius 2 is 2.20 bits per heavy atom. The van der Waals surface area contributed by atoms with Crippen molar-refractivity contribution in [2.45, 2.75) is 19.1 Å². The fourth-order valence-corrected chi connectivity index (χ4v) is 2.31. The van der Waals surface area contributed by atoms with E-state index in [0.717, 1.165) is 5.56 Å². The van der Waals surface area contributed by atoms with Crippen LogP contribution in [0.5, 0.6) is 0 Å². The molecular weight excluding hydrogens is 326 g/mol. The fourth-order valence-electron chi connectivity index (χ4n) is 2.31. The smallest absolute Gasteiger partial charge is 0.249 e. The van der Waals surface area contributed by atoms with Gasteiger partial charge in [-0.05, 0) is 16.0 Å². The Bertz CT molecular complexity index is 789. The summed E-state index contributed by atoms with van der Waals surface area (Å²) < 4.78 is 11.4. The molecule has 130 valence electrons. The Kier molecular flexibility index (Phi) is 5.42. The summed E-state index contributed by atoms with van der Waals surface area (Å²) in [4.78, 5) is 16.8. The third-order valence-corrected chi connectivity index (χ3v) is 3.41. The number of methoxy groups -OCH3 is 1. The van der Waals surface area contributed by atoms with Crippen LogP contribution in [0.25, 0.3) is 0 Å². The first kappa shape index (κ1) is 16.7. The van der Waals surface area contributed by atoms with Crippen molar-refractivity contribution in [1.82, 2.24) is 35.7 Å². The van der Waals surface area contributed by atoms with Crippen LogP contribution < -0.4 is 5.32 Å². The van der Waals surface area contributed by atoms with E-state index in [1.54, 1.807) is 7.11 Å². The Morgan fingerprint density at radius 1 is 1.36 bits per heavy atom. The molecule has 0 saturated carbocycles. The number of rotatable bonds is 8. The molecule has 3 rings (SSSR count). The second-order valence-corrected chi connectivity index (χ2v) is 5.18. The topological polar surface area (TPSA) is 121 Å². The molecule has 0 aliphatic rings. The first-order chi connectivity index (χ1) is 12.3. The summed E-state index contributed by atoms with van der Waals surface area (Å²) in [5.74, 6) is 0.681. The van der Waals surface area contributed by atoms with Gasteiger partial charge in [-0.3, -0.25) is 4.79 Å². The SMILES string of the molecule is COCc1noc(CCNC(=O)C(c2ccccc2)n2cnnn2)n1. The Morgan fingerprint density at radius 3 is 2.92 bits per heavy atom. The van der Waals surface area contributed by atoms with Crippen LogP contribution in [0.4, 0.5) is 0 Å². The number of hydrogen-bond acceptors (Lipinski definition) is 8. The maximum atomic E-state index is 12.6. The van der Waals surface area contributed by atoms with Crippen molar-refractivity contribution in [1.29, 1.82) is 0 Å². The van der Waals surface area contributed by atoms with Crippen molar-refractivity contribution in [2.75, 3.05) is 13.7 Å². The quantitative estimate of drug-likeness (QED) is 0.613. The summed E-state index contributed by atoms with van der Waals surface area (Å²) in [6, 6.07) is 8.64. The lowest BCUT2D eigenvalue weighted by Crippen LogP contribution is -2.35. The Hall–Kier alpha value is -3.14. The molecule has 1 unspecified atom stereocenters. The molecule has 0 bridgehead atoms. The largest absolute Gasteiger partial charge is 0.377 e. The molecule has 0 saturated heterocycles. The average Bonchev–Trinajstić information content (AvgIpc) is 3.29. The second-order valence-electron chi connectivity index (χ2n) is 5.18. The number of aromatic nitrogens is 6. The molecule has 25 heavy (non-hydrogen) atoms. The minimum atomic E-state index is -0.650. The van der Waals surface area contributed by atoms with E-state index in [9.17, 15) is 4.79 Å². The van der Waals surface area contributed by atoms with Gasteiger partial charge >= 0.3 is 0 Å². The molecule has 0 radical (unpaired) electrons. The van der Waals surface area contributed by atoms with Crippen LogP contribution in [-0.2, 0) is 22.6 Å². The minimum Gasteiger partial charge on any atom is -0.377 e. The van der Waals surface area contributed by atoms with Gasteiger partial charge in [0.2, 0.25) is 11.8 Å². The van der Waals surface area contributed by atoms with E-state index in [-0.39, 0.29) is 12.5 Å². The zero-order valence-electron chi connectivity index (χ0n) is 13.6. The van der Waals surface area contributed by atoms with E-state index in [2.05, 4.69) is 31.0 Å².